The number of hydrazine groups is 1. The van der Waals surface area contributed by atoms with Crippen molar-refractivity contribution in [2.75, 3.05) is 19.6 Å². The highest BCUT2D eigenvalue weighted by atomic mass is 15.5. The molecule has 0 bridgehead atoms. The van der Waals surface area contributed by atoms with Gasteiger partial charge in [0.15, 0.2) is 0 Å². The minimum absolute atomic E-state index is 0.339. The fraction of sp³-hybridized carbons (Fsp3) is 0.333. The van der Waals surface area contributed by atoms with E-state index in [0.717, 1.165) is 26.1 Å². The average molecular weight is 334 g/mol. The van der Waals surface area contributed by atoms with Gasteiger partial charge >= 0.3 is 0 Å². The molecule has 0 aliphatic carbocycles. The zero-order chi connectivity index (χ0) is 17.1. The molecule has 1 fully saturated rings. The van der Waals surface area contributed by atoms with Gasteiger partial charge in [0, 0.05) is 42.8 Å². The van der Waals surface area contributed by atoms with Crippen molar-refractivity contribution >= 4 is 10.9 Å². The summed E-state index contributed by atoms with van der Waals surface area (Å²) in [5, 5.41) is 7.29. The molecular formula is C21H26N4. The van der Waals surface area contributed by atoms with Gasteiger partial charge in [0.25, 0.3) is 0 Å². The predicted octanol–water partition coefficient (Wildman–Crippen LogP) is 3.25. The highest BCUT2D eigenvalue weighted by Crippen LogP contribution is 2.28. The Balaban J connectivity index is 1.52. The zero-order valence-electron chi connectivity index (χ0n) is 14.7. The van der Waals surface area contributed by atoms with Crippen LogP contribution in [-0.4, -0.2) is 35.7 Å². The predicted molar refractivity (Wildman–Crippen MR) is 103 cm³/mol. The highest BCUT2D eigenvalue weighted by molar-refractivity contribution is 5.83. The van der Waals surface area contributed by atoms with Crippen molar-refractivity contribution in [3.05, 3.63) is 71.9 Å². The number of aromatic nitrogens is 1. The van der Waals surface area contributed by atoms with Crippen LogP contribution in [0.2, 0.25) is 0 Å². The molecule has 2 aromatic carbocycles. The molecule has 0 radical (unpaired) electrons. The summed E-state index contributed by atoms with van der Waals surface area (Å²) in [6.07, 6.45) is 3.06. The molecule has 1 aromatic heterocycles. The number of nitrogens with one attached hydrogen (secondary N) is 3. The number of piperazine rings is 1. The van der Waals surface area contributed by atoms with Gasteiger partial charge in [0.2, 0.25) is 0 Å². The Morgan fingerprint density at radius 1 is 1.12 bits per heavy atom. The molecule has 4 rings (SSSR count). The maximum Gasteiger partial charge on any atom is 0.0624 e. The summed E-state index contributed by atoms with van der Waals surface area (Å²) in [5.74, 6) is 0. The van der Waals surface area contributed by atoms with Gasteiger partial charge in [-0.3, -0.25) is 5.43 Å². The normalized spacial score (nSPS) is 20.0. The molecule has 2 atom stereocenters. The lowest BCUT2D eigenvalue weighted by Crippen LogP contribution is -2.54. The maximum atomic E-state index is 3.76. The third-order valence-corrected chi connectivity index (χ3v) is 5.00. The molecule has 0 spiro atoms. The van der Waals surface area contributed by atoms with Crippen molar-refractivity contribution < 1.29 is 0 Å². The summed E-state index contributed by atoms with van der Waals surface area (Å²) in [4.78, 5) is 3.33. The molecule has 4 nitrogen and oxygen atoms in total. The first kappa shape index (κ1) is 16.3. The molecule has 0 saturated carbocycles. The first-order chi connectivity index (χ1) is 12.3. The molecule has 2 unspecified atom stereocenters. The number of hydrogen-bond acceptors (Lipinski definition) is 3. The monoisotopic (exact) mass is 334 g/mol. The number of H-pyrrole nitrogens is 1. The van der Waals surface area contributed by atoms with Crippen LogP contribution < -0.4 is 10.7 Å². The first-order valence-corrected chi connectivity index (χ1v) is 9.15. The van der Waals surface area contributed by atoms with E-state index in [0.29, 0.717) is 12.1 Å². The Morgan fingerprint density at radius 3 is 2.88 bits per heavy atom. The second kappa shape index (κ2) is 7.40. The van der Waals surface area contributed by atoms with Gasteiger partial charge in [-0.05, 0) is 36.6 Å². The Labute approximate surface area is 149 Å². The van der Waals surface area contributed by atoms with Gasteiger partial charge in [-0.1, -0.05) is 42.5 Å². The van der Waals surface area contributed by atoms with E-state index < -0.39 is 0 Å². The van der Waals surface area contributed by atoms with Crippen LogP contribution in [-0.2, 0) is 6.42 Å². The molecule has 0 amide bonds. The molecule has 25 heavy (non-hydrogen) atoms. The van der Waals surface area contributed by atoms with Crippen LogP contribution in [0.5, 0.6) is 0 Å². The van der Waals surface area contributed by atoms with Crippen molar-refractivity contribution in [2.24, 2.45) is 0 Å². The smallest absolute Gasteiger partial charge is 0.0624 e. The van der Waals surface area contributed by atoms with Crippen molar-refractivity contribution in [3.8, 4) is 0 Å². The van der Waals surface area contributed by atoms with E-state index in [2.05, 4.69) is 82.3 Å². The van der Waals surface area contributed by atoms with Crippen LogP contribution in [0.15, 0.2) is 60.8 Å². The number of hydrogen-bond donors (Lipinski definition) is 3. The molecule has 3 aromatic rings. The fourth-order valence-electron chi connectivity index (χ4n) is 3.83. The minimum Gasteiger partial charge on any atom is -0.361 e. The Bertz CT molecular complexity index is 811. The van der Waals surface area contributed by atoms with Gasteiger partial charge in [-0.15, -0.1) is 0 Å². The van der Waals surface area contributed by atoms with E-state index in [4.69, 9.17) is 0 Å². The van der Waals surface area contributed by atoms with Gasteiger partial charge < -0.3 is 10.3 Å². The third-order valence-electron chi connectivity index (χ3n) is 5.00. The number of rotatable bonds is 5. The standard InChI is InChI=1S/C21H26N4/c1-16(14-17-6-3-2-4-7-17)24-25-13-12-22-15-21(25)19-8-5-9-20-18(19)10-11-23-20/h2-11,16,21-24H,12-15H2,1H3. The van der Waals surface area contributed by atoms with Gasteiger partial charge in [-0.25, -0.2) is 5.01 Å². The molecule has 1 aliphatic heterocycles. The van der Waals surface area contributed by atoms with E-state index in [1.54, 1.807) is 0 Å². The van der Waals surface area contributed by atoms with E-state index in [9.17, 15) is 0 Å². The number of aromatic amines is 1. The zero-order valence-corrected chi connectivity index (χ0v) is 14.7. The van der Waals surface area contributed by atoms with Crippen LogP contribution in [0.1, 0.15) is 24.1 Å². The van der Waals surface area contributed by atoms with Crippen molar-refractivity contribution in [1.29, 1.82) is 0 Å². The molecule has 2 heterocycles. The van der Waals surface area contributed by atoms with Crippen molar-refractivity contribution in [1.82, 2.24) is 20.7 Å². The maximum absolute atomic E-state index is 3.76. The molecular weight excluding hydrogens is 308 g/mol. The van der Waals surface area contributed by atoms with Gasteiger partial charge in [0.05, 0.1) is 6.04 Å². The fourth-order valence-corrected chi connectivity index (χ4v) is 3.83. The van der Waals surface area contributed by atoms with Gasteiger partial charge in [-0.2, -0.15) is 0 Å². The molecule has 4 heteroatoms. The van der Waals surface area contributed by atoms with Crippen LogP contribution in [0.3, 0.4) is 0 Å². The summed E-state index contributed by atoms with van der Waals surface area (Å²) in [6.45, 7) is 5.26. The van der Waals surface area contributed by atoms with E-state index >= 15 is 0 Å². The van der Waals surface area contributed by atoms with Crippen molar-refractivity contribution in [2.45, 2.75) is 25.4 Å². The van der Waals surface area contributed by atoms with Crippen LogP contribution in [0, 0.1) is 0 Å². The average Bonchev–Trinajstić information content (AvgIpc) is 3.12. The number of nitrogens with zero attached hydrogens (tertiary/aromatic N) is 1. The Kier molecular flexibility index (Phi) is 4.83. The SMILES string of the molecule is CC(Cc1ccccc1)NN1CCNCC1c1cccc2[nH]ccc12. The Morgan fingerprint density at radius 2 is 2.00 bits per heavy atom. The van der Waals surface area contributed by atoms with E-state index in [1.165, 1.54) is 22.0 Å². The second-order valence-electron chi connectivity index (χ2n) is 6.92. The molecule has 130 valence electrons. The lowest BCUT2D eigenvalue weighted by Gasteiger charge is -2.38. The van der Waals surface area contributed by atoms with E-state index in [-0.39, 0.29) is 0 Å². The van der Waals surface area contributed by atoms with E-state index in [1.807, 2.05) is 6.20 Å². The summed E-state index contributed by atoms with van der Waals surface area (Å²) in [6, 6.07) is 20.2. The largest absolute Gasteiger partial charge is 0.361 e. The molecule has 1 aliphatic rings. The summed E-state index contributed by atoms with van der Waals surface area (Å²) < 4.78 is 0. The van der Waals surface area contributed by atoms with Crippen LogP contribution in [0.25, 0.3) is 10.9 Å². The molecule has 1 saturated heterocycles. The van der Waals surface area contributed by atoms with Crippen LogP contribution in [0.4, 0.5) is 0 Å². The Hall–Kier alpha value is -2.14. The minimum atomic E-state index is 0.339. The quantitative estimate of drug-likeness (QED) is 0.671. The third kappa shape index (κ3) is 3.61. The first-order valence-electron chi connectivity index (χ1n) is 9.15. The second-order valence-corrected chi connectivity index (χ2v) is 6.92. The van der Waals surface area contributed by atoms with Crippen molar-refractivity contribution in [3.63, 3.8) is 0 Å². The lowest BCUT2D eigenvalue weighted by atomic mass is 10.0. The number of fused-ring (bicyclic) bond motifs is 1. The topological polar surface area (TPSA) is 43.1 Å². The van der Waals surface area contributed by atoms with Gasteiger partial charge in [0.1, 0.15) is 0 Å². The molecule has 3 N–H and O–H groups in total. The number of benzene rings is 2. The summed E-state index contributed by atoms with van der Waals surface area (Å²) in [7, 11) is 0. The highest BCUT2D eigenvalue weighted by Gasteiger charge is 2.26. The summed E-state index contributed by atoms with van der Waals surface area (Å²) in [5.41, 5.74) is 7.72. The summed E-state index contributed by atoms with van der Waals surface area (Å²) >= 11 is 0. The lowest BCUT2D eigenvalue weighted by molar-refractivity contribution is 0.0803. The van der Waals surface area contributed by atoms with Crippen LogP contribution >= 0.6 is 0 Å².